The molecule has 102 valence electrons. The van der Waals surface area contributed by atoms with Gasteiger partial charge in [0.1, 0.15) is 5.82 Å². The highest BCUT2D eigenvalue weighted by atomic mass is 32.2. The van der Waals surface area contributed by atoms with Gasteiger partial charge in [0.15, 0.2) is 0 Å². The van der Waals surface area contributed by atoms with Gasteiger partial charge in [0.05, 0.1) is 23.1 Å². The SMILES string of the molecule is O=S(=O)(Nc1ccc(C#CCCO)c(F)c1)C1CC1. The predicted octanol–water partition coefficient (Wildman–Crippen LogP) is 1.46. The van der Waals surface area contributed by atoms with Crippen LogP contribution in [0.3, 0.4) is 0 Å². The Bertz CT molecular complexity index is 627. The van der Waals surface area contributed by atoms with Gasteiger partial charge in [-0.3, -0.25) is 4.72 Å². The van der Waals surface area contributed by atoms with Crippen molar-refractivity contribution in [1.29, 1.82) is 0 Å². The second kappa shape index (κ2) is 5.59. The molecule has 0 heterocycles. The fourth-order valence-electron chi connectivity index (χ4n) is 1.52. The van der Waals surface area contributed by atoms with Crippen molar-refractivity contribution in [2.45, 2.75) is 24.5 Å². The molecule has 0 radical (unpaired) electrons. The molecule has 1 fully saturated rings. The lowest BCUT2D eigenvalue weighted by molar-refractivity contribution is 0.305. The summed E-state index contributed by atoms with van der Waals surface area (Å²) in [6.45, 7) is -0.0755. The first-order valence-corrected chi connectivity index (χ1v) is 7.48. The molecule has 1 saturated carbocycles. The topological polar surface area (TPSA) is 66.4 Å². The van der Waals surface area contributed by atoms with Gasteiger partial charge < -0.3 is 5.11 Å². The van der Waals surface area contributed by atoms with Gasteiger partial charge >= 0.3 is 0 Å². The van der Waals surface area contributed by atoms with E-state index in [9.17, 15) is 12.8 Å². The third-order valence-corrected chi connectivity index (χ3v) is 4.52. The highest BCUT2D eigenvalue weighted by Gasteiger charge is 2.35. The molecule has 4 nitrogen and oxygen atoms in total. The van der Waals surface area contributed by atoms with E-state index in [-0.39, 0.29) is 29.5 Å². The molecule has 0 saturated heterocycles. The van der Waals surface area contributed by atoms with Crippen LogP contribution in [0.4, 0.5) is 10.1 Å². The monoisotopic (exact) mass is 283 g/mol. The van der Waals surface area contributed by atoms with Crippen LogP contribution in [0.15, 0.2) is 18.2 Å². The number of benzene rings is 1. The van der Waals surface area contributed by atoms with E-state index < -0.39 is 15.8 Å². The van der Waals surface area contributed by atoms with Crippen LogP contribution in [-0.2, 0) is 10.0 Å². The Labute approximate surface area is 111 Å². The van der Waals surface area contributed by atoms with Crippen molar-refractivity contribution < 1.29 is 17.9 Å². The minimum Gasteiger partial charge on any atom is -0.395 e. The molecule has 1 aliphatic rings. The lowest BCUT2D eigenvalue weighted by Crippen LogP contribution is -2.17. The van der Waals surface area contributed by atoms with E-state index in [2.05, 4.69) is 16.6 Å². The van der Waals surface area contributed by atoms with Crippen LogP contribution in [-0.4, -0.2) is 25.4 Å². The molecule has 0 bridgehead atoms. The molecule has 1 aromatic carbocycles. The fourth-order valence-corrected chi connectivity index (χ4v) is 2.90. The number of rotatable bonds is 4. The van der Waals surface area contributed by atoms with E-state index in [0.717, 1.165) is 6.07 Å². The van der Waals surface area contributed by atoms with Gasteiger partial charge in [-0.1, -0.05) is 11.8 Å². The maximum Gasteiger partial charge on any atom is 0.235 e. The van der Waals surface area contributed by atoms with Crippen molar-refractivity contribution in [2.75, 3.05) is 11.3 Å². The third-order valence-electron chi connectivity index (χ3n) is 2.65. The molecule has 0 aliphatic heterocycles. The number of anilines is 1. The summed E-state index contributed by atoms with van der Waals surface area (Å²) in [5.41, 5.74) is 0.389. The molecule has 2 N–H and O–H groups in total. The zero-order valence-electron chi connectivity index (χ0n) is 10.2. The minimum absolute atomic E-state index is 0.0755. The van der Waals surface area contributed by atoms with Crippen molar-refractivity contribution >= 4 is 15.7 Å². The highest BCUT2D eigenvalue weighted by molar-refractivity contribution is 7.93. The Morgan fingerprint density at radius 1 is 1.42 bits per heavy atom. The first kappa shape index (κ1) is 13.8. The smallest absolute Gasteiger partial charge is 0.235 e. The van der Waals surface area contributed by atoms with E-state index in [1.54, 1.807) is 0 Å². The van der Waals surface area contributed by atoms with Gasteiger partial charge in [-0.15, -0.1) is 0 Å². The van der Waals surface area contributed by atoms with Crippen LogP contribution in [0, 0.1) is 17.7 Å². The number of hydrogen-bond acceptors (Lipinski definition) is 3. The molecule has 1 aliphatic carbocycles. The van der Waals surface area contributed by atoms with Crippen LogP contribution in [0.25, 0.3) is 0 Å². The summed E-state index contributed by atoms with van der Waals surface area (Å²) < 4.78 is 39.4. The Kier molecular flexibility index (Phi) is 4.08. The molecule has 0 amide bonds. The lowest BCUT2D eigenvalue weighted by atomic mass is 10.2. The number of sulfonamides is 1. The number of hydrogen-bond donors (Lipinski definition) is 2. The quantitative estimate of drug-likeness (QED) is 0.822. The van der Waals surface area contributed by atoms with Crippen LogP contribution >= 0.6 is 0 Å². The Morgan fingerprint density at radius 2 is 2.16 bits per heavy atom. The van der Waals surface area contributed by atoms with Crippen molar-refractivity contribution in [3.05, 3.63) is 29.6 Å². The first-order valence-electron chi connectivity index (χ1n) is 5.94. The highest BCUT2D eigenvalue weighted by Crippen LogP contribution is 2.29. The summed E-state index contributed by atoms with van der Waals surface area (Å²) in [6.07, 6.45) is 1.58. The standard InChI is InChI=1S/C13H14FNO3S/c14-13-9-11(15-19(17,18)12-6-7-12)5-4-10(13)3-1-2-8-16/h4-5,9,12,15-16H,2,6-8H2. The lowest BCUT2D eigenvalue weighted by Gasteiger charge is -2.07. The Morgan fingerprint density at radius 3 is 2.74 bits per heavy atom. The molecule has 2 rings (SSSR count). The largest absolute Gasteiger partial charge is 0.395 e. The van der Waals surface area contributed by atoms with E-state index in [1.165, 1.54) is 12.1 Å². The van der Waals surface area contributed by atoms with Gasteiger partial charge in [-0.2, -0.15) is 0 Å². The summed E-state index contributed by atoms with van der Waals surface area (Å²) in [5.74, 6) is 4.60. The van der Waals surface area contributed by atoms with Gasteiger partial charge in [0.2, 0.25) is 10.0 Å². The van der Waals surface area contributed by atoms with Crippen molar-refractivity contribution in [3.63, 3.8) is 0 Å². The maximum absolute atomic E-state index is 13.7. The molecule has 0 spiro atoms. The average molecular weight is 283 g/mol. The summed E-state index contributed by atoms with van der Waals surface area (Å²) in [4.78, 5) is 0. The second-order valence-corrected chi connectivity index (χ2v) is 6.28. The predicted molar refractivity (Wildman–Crippen MR) is 70.5 cm³/mol. The molecule has 0 unspecified atom stereocenters. The van der Waals surface area contributed by atoms with Crippen LogP contribution in [0.1, 0.15) is 24.8 Å². The van der Waals surface area contributed by atoms with E-state index in [1.807, 2.05) is 0 Å². The zero-order valence-corrected chi connectivity index (χ0v) is 11.0. The Hall–Kier alpha value is -1.58. The number of halogens is 1. The van der Waals surface area contributed by atoms with Crippen molar-refractivity contribution in [3.8, 4) is 11.8 Å². The maximum atomic E-state index is 13.7. The molecule has 0 atom stereocenters. The first-order chi connectivity index (χ1) is 9.03. The summed E-state index contributed by atoms with van der Waals surface area (Å²) in [5, 5.41) is 8.22. The summed E-state index contributed by atoms with van der Waals surface area (Å²) >= 11 is 0. The van der Waals surface area contributed by atoms with E-state index in [0.29, 0.717) is 12.8 Å². The van der Waals surface area contributed by atoms with Gasteiger partial charge in [0, 0.05) is 6.42 Å². The zero-order chi connectivity index (χ0) is 13.9. The number of aliphatic hydroxyl groups is 1. The average Bonchev–Trinajstić information content (AvgIpc) is 3.16. The molecule has 6 heteroatoms. The van der Waals surface area contributed by atoms with Gasteiger partial charge in [-0.05, 0) is 31.0 Å². The molecular formula is C13H14FNO3S. The van der Waals surface area contributed by atoms with Crippen LogP contribution < -0.4 is 4.72 Å². The summed E-state index contributed by atoms with van der Waals surface area (Å²) in [7, 11) is -3.38. The van der Waals surface area contributed by atoms with E-state index in [4.69, 9.17) is 5.11 Å². The van der Waals surface area contributed by atoms with E-state index >= 15 is 0 Å². The van der Waals surface area contributed by atoms with Crippen LogP contribution in [0.2, 0.25) is 0 Å². The Balaban J connectivity index is 2.13. The van der Waals surface area contributed by atoms with Crippen molar-refractivity contribution in [2.24, 2.45) is 0 Å². The molecular weight excluding hydrogens is 269 g/mol. The third kappa shape index (κ3) is 3.69. The fraction of sp³-hybridized carbons (Fsp3) is 0.385. The molecule has 1 aromatic rings. The molecule has 19 heavy (non-hydrogen) atoms. The van der Waals surface area contributed by atoms with Gasteiger partial charge in [-0.25, -0.2) is 12.8 Å². The summed E-state index contributed by atoms with van der Waals surface area (Å²) in [6, 6.07) is 4.01. The minimum atomic E-state index is -3.38. The number of nitrogens with one attached hydrogen (secondary N) is 1. The van der Waals surface area contributed by atoms with Gasteiger partial charge in [0.25, 0.3) is 0 Å². The van der Waals surface area contributed by atoms with Crippen LogP contribution in [0.5, 0.6) is 0 Å². The normalized spacial score (nSPS) is 14.6. The van der Waals surface area contributed by atoms with Crippen molar-refractivity contribution in [1.82, 2.24) is 0 Å². The molecule has 0 aromatic heterocycles. The number of aliphatic hydroxyl groups excluding tert-OH is 1. The second-order valence-electron chi connectivity index (χ2n) is 4.32.